The number of hydrogen-bond donors (Lipinski definition) is 2. The molecule has 2 aromatic carbocycles. The largest absolute Gasteiger partial charge is 0.388 e. The molecule has 1 aliphatic carbocycles. The third-order valence-electron chi connectivity index (χ3n) is 4.96. The summed E-state index contributed by atoms with van der Waals surface area (Å²) in [6.07, 6.45) is 4.10. The van der Waals surface area contributed by atoms with E-state index in [-0.39, 0.29) is 5.78 Å². The van der Waals surface area contributed by atoms with Gasteiger partial charge in [-0.05, 0) is 18.9 Å². The van der Waals surface area contributed by atoms with E-state index in [1.54, 1.807) is 12.1 Å². The number of pyridine rings is 1. The van der Waals surface area contributed by atoms with Crippen LogP contribution in [0.1, 0.15) is 23.2 Å². The molecule has 0 aliphatic heterocycles. The van der Waals surface area contributed by atoms with E-state index in [4.69, 9.17) is 9.97 Å². The highest BCUT2D eigenvalue weighted by molar-refractivity contribution is 6.11. The van der Waals surface area contributed by atoms with Gasteiger partial charge in [-0.2, -0.15) is 0 Å². The molecule has 0 spiro atoms. The van der Waals surface area contributed by atoms with Crippen molar-refractivity contribution in [2.75, 3.05) is 11.9 Å². The van der Waals surface area contributed by atoms with E-state index >= 15 is 0 Å². The van der Waals surface area contributed by atoms with Crippen molar-refractivity contribution in [3.63, 3.8) is 0 Å². The van der Waals surface area contributed by atoms with Gasteiger partial charge >= 0.3 is 0 Å². The number of carbonyl (C=O) groups is 1. The fraction of sp³-hybridized carbons (Fsp3) is 0.182. The van der Waals surface area contributed by atoms with Gasteiger partial charge in [0, 0.05) is 34.1 Å². The van der Waals surface area contributed by atoms with E-state index in [0.29, 0.717) is 23.1 Å². The Kier molecular flexibility index (Phi) is 3.98. The van der Waals surface area contributed by atoms with Crippen LogP contribution in [0.2, 0.25) is 0 Å². The van der Waals surface area contributed by atoms with Crippen molar-refractivity contribution in [2.45, 2.75) is 18.9 Å². The molecule has 1 aliphatic rings. The zero-order valence-corrected chi connectivity index (χ0v) is 15.1. The Labute approximate surface area is 161 Å². The maximum atomic E-state index is 11.9. The second kappa shape index (κ2) is 6.65. The summed E-state index contributed by atoms with van der Waals surface area (Å²) in [5.74, 6) is 0.283. The molecule has 4 aromatic rings. The number of hydrogen-bond acceptors (Lipinski definition) is 6. The average Bonchev–Trinajstić information content (AvgIpc) is 3.56. The predicted molar refractivity (Wildman–Crippen MR) is 108 cm³/mol. The minimum absolute atomic E-state index is 0.328. The summed E-state index contributed by atoms with van der Waals surface area (Å²) in [6, 6.07) is 15.6. The van der Waals surface area contributed by atoms with E-state index in [1.165, 1.54) is 0 Å². The topological polar surface area (TPSA) is 88.0 Å². The molecule has 0 amide bonds. The smallest absolute Gasteiger partial charge is 0.223 e. The summed E-state index contributed by atoms with van der Waals surface area (Å²) in [5.41, 5.74) is 3.59. The molecule has 1 fully saturated rings. The number of aromatic nitrogens is 3. The second-order valence-electron chi connectivity index (χ2n) is 7.01. The quantitative estimate of drug-likeness (QED) is 0.412. The number of rotatable bonds is 5. The monoisotopic (exact) mass is 370 g/mol. The van der Waals surface area contributed by atoms with Crippen LogP contribution in [0.3, 0.4) is 0 Å². The van der Waals surface area contributed by atoms with Crippen LogP contribution >= 0.6 is 0 Å². The second-order valence-corrected chi connectivity index (χ2v) is 7.01. The van der Waals surface area contributed by atoms with Gasteiger partial charge in [0.25, 0.3) is 0 Å². The zero-order valence-electron chi connectivity index (χ0n) is 15.1. The third kappa shape index (κ3) is 2.97. The molecular weight excluding hydrogens is 352 g/mol. The molecule has 6 nitrogen and oxygen atoms in total. The number of Topliss-reactive ketones (excluding diaryl/α,β-unsaturated/α-hetero) is 1. The number of fused-ring (bicyclic) bond motifs is 3. The van der Waals surface area contributed by atoms with Gasteiger partial charge in [0.15, 0.2) is 5.78 Å². The van der Waals surface area contributed by atoms with E-state index < -0.39 is 6.61 Å². The van der Waals surface area contributed by atoms with Crippen LogP contribution < -0.4 is 5.32 Å². The molecule has 2 N–H and O–H groups in total. The summed E-state index contributed by atoms with van der Waals surface area (Å²) in [7, 11) is 0. The number of aliphatic hydroxyl groups excluding tert-OH is 1. The number of anilines is 1. The maximum absolute atomic E-state index is 11.9. The molecule has 6 heteroatoms. The zero-order chi connectivity index (χ0) is 19.1. The first-order valence-corrected chi connectivity index (χ1v) is 9.29. The van der Waals surface area contributed by atoms with Crippen LogP contribution in [0.4, 0.5) is 5.95 Å². The fourth-order valence-corrected chi connectivity index (χ4v) is 3.33. The lowest BCUT2D eigenvalue weighted by Gasteiger charge is -2.11. The molecule has 138 valence electrons. The lowest BCUT2D eigenvalue weighted by atomic mass is 10.0. The lowest BCUT2D eigenvalue weighted by Crippen LogP contribution is -2.06. The molecule has 0 unspecified atom stereocenters. The van der Waals surface area contributed by atoms with E-state index in [9.17, 15) is 9.90 Å². The number of benzene rings is 2. The van der Waals surface area contributed by atoms with Gasteiger partial charge in [-0.25, -0.2) is 15.0 Å². The van der Waals surface area contributed by atoms with Crippen molar-refractivity contribution >= 4 is 33.5 Å². The lowest BCUT2D eigenvalue weighted by molar-refractivity contribution is 0.0904. The van der Waals surface area contributed by atoms with Crippen molar-refractivity contribution in [2.24, 2.45) is 0 Å². The van der Waals surface area contributed by atoms with Crippen molar-refractivity contribution < 1.29 is 9.90 Å². The Morgan fingerprint density at radius 3 is 2.64 bits per heavy atom. The average molecular weight is 370 g/mol. The summed E-state index contributed by atoms with van der Waals surface area (Å²) >= 11 is 0. The Bertz CT molecular complexity index is 1200. The molecule has 0 bridgehead atoms. The first-order valence-electron chi connectivity index (χ1n) is 9.29. The molecule has 2 heterocycles. The van der Waals surface area contributed by atoms with Crippen molar-refractivity contribution in [1.29, 1.82) is 0 Å². The Morgan fingerprint density at radius 1 is 1.07 bits per heavy atom. The van der Waals surface area contributed by atoms with Gasteiger partial charge in [-0.1, -0.05) is 42.5 Å². The van der Waals surface area contributed by atoms with E-state index in [2.05, 4.69) is 10.3 Å². The van der Waals surface area contributed by atoms with Gasteiger partial charge in [0.1, 0.15) is 12.1 Å². The third-order valence-corrected chi connectivity index (χ3v) is 4.96. The van der Waals surface area contributed by atoms with Gasteiger partial charge in [-0.15, -0.1) is 0 Å². The molecule has 0 atom stereocenters. The molecule has 5 rings (SSSR count). The predicted octanol–water partition coefficient (Wildman–Crippen LogP) is 3.59. The van der Waals surface area contributed by atoms with Crippen LogP contribution in [-0.2, 0) is 0 Å². The van der Waals surface area contributed by atoms with Gasteiger partial charge in [-0.3, -0.25) is 4.79 Å². The maximum Gasteiger partial charge on any atom is 0.223 e. The molecule has 1 saturated carbocycles. The number of nitrogens with one attached hydrogen (secondary N) is 1. The number of ketones is 1. The highest BCUT2D eigenvalue weighted by Gasteiger charge is 2.22. The SMILES string of the molecule is O=C(CO)c1ccc2c(c1)nc(-c1ccccc1)c1nc(NC3CC3)ncc12. The minimum atomic E-state index is -0.524. The summed E-state index contributed by atoms with van der Waals surface area (Å²) < 4.78 is 0. The van der Waals surface area contributed by atoms with Crippen molar-refractivity contribution in [3.05, 3.63) is 60.3 Å². The van der Waals surface area contributed by atoms with E-state index in [0.717, 1.165) is 40.4 Å². The molecule has 2 aromatic heterocycles. The normalized spacial score (nSPS) is 13.8. The number of aliphatic hydroxyl groups is 1. The molecule has 0 saturated heterocycles. The molecule has 0 radical (unpaired) electrons. The van der Waals surface area contributed by atoms with Gasteiger partial charge < -0.3 is 10.4 Å². The van der Waals surface area contributed by atoms with Crippen molar-refractivity contribution in [3.8, 4) is 11.3 Å². The van der Waals surface area contributed by atoms with Gasteiger partial charge in [0.2, 0.25) is 5.95 Å². The van der Waals surface area contributed by atoms with Crippen LogP contribution in [0.25, 0.3) is 33.1 Å². The highest BCUT2D eigenvalue weighted by atomic mass is 16.3. The summed E-state index contributed by atoms with van der Waals surface area (Å²) in [6.45, 7) is -0.524. The first-order chi connectivity index (χ1) is 13.7. The standard InChI is InChI=1S/C22H18N4O2/c27-12-19(28)14-6-9-16-17-11-23-22(24-15-7-8-15)26-21(17)20(25-18(16)10-14)13-4-2-1-3-5-13/h1-6,9-11,15,27H,7-8,12H2,(H,23,24,26). The Hall–Kier alpha value is -3.38. The summed E-state index contributed by atoms with van der Waals surface area (Å²) in [4.78, 5) is 26.0. The van der Waals surface area contributed by atoms with Gasteiger partial charge in [0.05, 0.1) is 11.2 Å². The van der Waals surface area contributed by atoms with Crippen LogP contribution in [0, 0.1) is 0 Å². The summed E-state index contributed by atoms with van der Waals surface area (Å²) in [5, 5.41) is 14.3. The molecular formula is C22H18N4O2. The van der Waals surface area contributed by atoms with E-state index in [1.807, 2.05) is 42.6 Å². The first kappa shape index (κ1) is 16.8. The highest BCUT2D eigenvalue weighted by Crippen LogP contribution is 2.32. The van der Waals surface area contributed by atoms with Crippen LogP contribution in [-0.4, -0.2) is 38.5 Å². The minimum Gasteiger partial charge on any atom is -0.388 e. The fourth-order valence-electron chi connectivity index (χ4n) is 3.33. The number of carbonyl (C=O) groups excluding carboxylic acids is 1. The molecule has 28 heavy (non-hydrogen) atoms. The number of nitrogens with zero attached hydrogens (tertiary/aromatic N) is 3. The van der Waals surface area contributed by atoms with Crippen molar-refractivity contribution in [1.82, 2.24) is 15.0 Å². The Morgan fingerprint density at radius 2 is 1.89 bits per heavy atom. The van der Waals surface area contributed by atoms with Crippen LogP contribution in [0.15, 0.2) is 54.7 Å². The van der Waals surface area contributed by atoms with Crippen LogP contribution in [0.5, 0.6) is 0 Å². The Balaban J connectivity index is 1.78.